The third-order valence-corrected chi connectivity index (χ3v) is 13.8. The zero-order chi connectivity index (χ0) is 20.1. The molecule has 0 aromatic heterocycles. The maximum atomic E-state index is 6.00. The van der Waals surface area contributed by atoms with Gasteiger partial charge in [0.05, 0.1) is 0 Å². The van der Waals surface area contributed by atoms with Gasteiger partial charge < -0.3 is 0 Å². The Morgan fingerprint density at radius 2 is 2.26 bits per heavy atom. The van der Waals surface area contributed by atoms with Crippen molar-refractivity contribution >= 4 is 35.8 Å². The van der Waals surface area contributed by atoms with Crippen LogP contribution in [0, 0.1) is 11.8 Å². The van der Waals surface area contributed by atoms with Crippen LogP contribution in [0.25, 0.3) is 0 Å². The standard InChI is InChI=1S/C19H37IN6S/c1-7-15(27-19(21)25-22)9-16-14(5)23-10-12(3)18(16)13(4)20-11-24-26(6)17(20)8-2/h9,11-13,17-19,23,25H,7-8,10,21-22H2,1-6H3/b15-9+/t12-,13-,17?,18+,19+/m0/s1. The second kappa shape index (κ2) is 10.5. The molecule has 1 unspecified atom stereocenters. The van der Waals surface area contributed by atoms with Gasteiger partial charge in [-0.2, -0.15) is 0 Å². The van der Waals surface area contributed by atoms with Crippen molar-refractivity contribution in [3.63, 3.8) is 0 Å². The zero-order valence-corrected chi connectivity index (χ0v) is 20.5. The molecule has 0 saturated heterocycles. The van der Waals surface area contributed by atoms with Crippen molar-refractivity contribution in [3.8, 4) is 0 Å². The Bertz CT molecular complexity index is 593. The summed E-state index contributed by atoms with van der Waals surface area (Å²) in [6.07, 6.45) is 4.51. The first-order valence-corrected chi connectivity index (χ1v) is 14.4. The predicted molar refractivity (Wildman–Crippen MR) is 128 cm³/mol. The van der Waals surface area contributed by atoms with Gasteiger partial charge >= 0.3 is 177 Å². The van der Waals surface area contributed by atoms with Gasteiger partial charge in [0.1, 0.15) is 0 Å². The van der Waals surface area contributed by atoms with Gasteiger partial charge in [0.15, 0.2) is 0 Å². The van der Waals surface area contributed by atoms with Crippen LogP contribution in [-0.4, -0.2) is 36.3 Å². The quantitative estimate of drug-likeness (QED) is 0.100. The van der Waals surface area contributed by atoms with E-state index < -0.39 is 19.8 Å². The molecule has 0 aliphatic carbocycles. The summed E-state index contributed by atoms with van der Waals surface area (Å²) in [6.45, 7) is 12.6. The predicted octanol–water partition coefficient (Wildman–Crippen LogP) is 3.37. The fourth-order valence-corrected chi connectivity index (χ4v) is 11.6. The number of allylic oxidation sites excluding steroid dienone is 4. The summed E-state index contributed by atoms with van der Waals surface area (Å²) in [5.74, 6) is 6.67. The van der Waals surface area contributed by atoms with E-state index in [9.17, 15) is 0 Å². The van der Waals surface area contributed by atoms with E-state index in [1.807, 2.05) is 0 Å². The normalized spacial score (nSPS) is 29.9. The van der Waals surface area contributed by atoms with Gasteiger partial charge in [-0.1, -0.05) is 0 Å². The van der Waals surface area contributed by atoms with Gasteiger partial charge in [-0.15, -0.1) is 0 Å². The van der Waals surface area contributed by atoms with Gasteiger partial charge in [-0.3, -0.25) is 0 Å². The first kappa shape index (κ1) is 23.0. The summed E-state index contributed by atoms with van der Waals surface area (Å²) in [6, 6.07) is 0. The van der Waals surface area contributed by atoms with Gasteiger partial charge in [0.25, 0.3) is 0 Å². The molecule has 2 heterocycles. The Balaban J connectivity index is 2.34. The van der Waals surface area contributed by atoms with Crippen molar-refractivity contribution in [1.29, 1.82) is 0 Å². The molecule has 0 aromatic rings. The Labute approximate surface area is 176 Å². The summed E-state index contributed by atoms with van der Waals surface area (Å²) in [5, 5.41) is 10.5. The van der Waals surface area contributed by atoms with Crippen LogP contribution >= 0.6 is 31.6 Å². The van der Waals surface area contributed by atoms with Crippen LogP contribution < -0.4 is 22.3 Å². The number of rotatable bonds is 8. The number of nitrogens with two attached hydrogens (primary N) is 2. The van der Waals surface area contributed by atoms with E-state index in [2.05, 4.69) is 72.8 Å². The summed E-state index contributed by atoms with van der Waals surface area (Å²) >= 11 is 0.270. The fraction of sp³-hybridized carbons (Fsp3) is 0.737. The van der Waals surface area contributed by atoms with Gasteiger partial charge in [-0.25, -0.2) is 0 Å². The van der Waals surface area contributed by atoms with Crippen molar-refractivity contribution in [3.05, 3.63) is 22.3 Å². The molecule has 156 valence electrons. The van der Waals surface area contributed by atoms with E-state index in [1.165, 1.54) is 22.6 Å². The number of thioether (sulfide) groups is 1. The van der Waals surface area contributed by atoms with Crippen LogP contribution in [0.4, 0.5) is 0 Å². The van der Waals surface area contributed by atoms with Crippen LogP contribution in [-0.2, 0) is 0 Å². The van der Waals surface area contributed by atoms with Crippen LogP contribution in [0.15, 0.2) is 27.4 Å². The number of hydrazone groups is 1. The SMILES string of the molecule is CC/C(=C\C1=C(C)NC[C@H](C)[C@@H]1[C@H](C)I1C=NN(C)C1CC)S[C@H](N)NN. The van der Waals surface area contributed by atoms with E-state index in [4.69, 9.17) is 11.6 Å². The van der Waals surface area contributed by atoms with Crippen molar-refractivity contribution in [1.82, 2.24) is 15.8 Å². The van der Waals surface area contributed by atoms with Crippen molar-refractivity contribution in [2.45, 2.75) is 60.9 Å². The second-order valence-electron chi connectivity index (χ2n) is 7.32. The monoisotopic (exact) mass is 508 g/mol. The van der Waals surface area contributed by atoms with E-state index >= 15 is 0 Å². The van der Waals surface area contributed by atoms with Crippen molar-refractivity contribution in [2.75, 3.05) is 13.6 Å². The Hall–Kier alpha value is -0.290. The number of nitrogens with one attached hydrogen (secondary N) is 2. The summed E-state index contributed by atoms with van der Waals surface area (Å²) < 4.78 is 3.65. The molecule has 2 aliphatic rings. The van der Waals surface area contributed by atoms with Crippen LogP contribution in [0.5, 0.6) is 0 Å². The number of nitrogens with zero attached hydrogens (tertiary/aromatic N) is 2. The Morgan fingerprint density at radius 3 is 2.85 bits per heavy atom. The molecule has 0 amide bonds. The molecule has 6 nitrogen and oxygen atoms in total. The topological polar surface area (TPSA) is 91.7 Å². The number of hydrazine groups is 1. The third kappa shape index (κ3) is 5.41. The zero-order valence-electron chi connectivity index (χ0n) is 17.5. The van der Waals surface area contributed by atoms with Crippen molar-refractivity contribution < 1.29 is 0 Å². The molecule has 0 spiro atoms. The molecule has 0 saturated carbocycles. The summed E-state index contributed by atoms with van der Waals surface area (Å²) in [7, 11) is 2.13. The van der Waals surface area contributed by atoms with Crippen LogP contribution in [0.1, 0.15) is 47.5 Å². The molecule has 27 heavy (non-hydrogen) atoms. The summed E-state index contributed by atoms with van der Waals surface area (Å²) in [5.41, 5.74) is 11.1. The van der Waals surface area contributed by atoms with Crippen LogP contribution in [0.2, 0.25) is 0 Å². The fourth-order valence-electron chi connectivity index (χ4n) is 3.93. The van der Waals surface area contributed by atoms with E-state index in [-0.39, 0.29) is 5.50 Å². The number of hydrogen-bond acceptors (Lipinski definition) is 7. The molecule has 2 aliphatic heterocycles. The molecule has 6 N–H and O–H groups in total. The average molecular weight is 509 g/mol. The van der Waals surface area contributed by atoms with Gasteiger partial charge in [0, 0.05) is 0 Å². The Kier molecular flexibility index (Phi) is 8.92. The van der Waals surface area contributed by atoms with Gasteiger partial charge in [0.2, 0.25) is 0 Å². The minimum atomic E-state index is -1.34. The number of halogens is 1. The first-order valence-electron chi connectivity index (χ1n) is 9.79. The molecule has 0 fully saturated rings. The minimum absolute atomic E-state index is 0.280. The number of hydrogen-bond donors (Lipinski definition) is 4. The summed E-state index contributed by atoms with van der Waals surface area (Å²) in [4.78, 5) is 1.27. The van der Waals surface area contributed by atoms with Gasteiger partial charge in [-0.05, 0) is 0 Å². The molecular weight excluding hydrogens is 471 g/mol. The molecule has 8 heteroatoms. The molecule has 0 bridgehead atoms. The third-order valence-electron chi connectivity index (χ3n) is 5.47. The molecule has 0 aromatic carbocycles. The van der Waals surface area contributed by atoms with Crippen molar-refractivity contribution in [2.24, 2.45) is 28.5 Å². The molecule has 2 rings (SSSR count). The Morgan fingerprint density at radius 1 is 1.56 bits per heavy atom. The number of alkyl halides is 2. The van der Waals surface area contributed by atoms with Crippen LogP contribution in [0.3, 0.4) is 0 Å². The molecule has 5 atom stereocenters. The van der Waals surface area contributed by atoms with E-state index in [1.54, 1.807) is 11.8 Å². The van der Waals surface area contributed by atoms with E-state index in [0.29, 0.717) is 19.8 Å². The maximum absolute atomic E-state index is 6.00. The second-order valence-corrected chi connectivity index (χ2v) is 14.7. The molecule has 0 radical (unpaired) electrons. The average Bonchev–Trinajstić information content (AvgIpc) is 3.03. The first-order chi connectivity index (χ1) is 12.8. The molecular formula is C19H37IN6S. The van der Waals surface area contributed by atoms with E-state index in [0.717, 1.165) is 13.0 Å².